The summed E-state index contributed by atoms with van der Waals surface area (Å²) in [6.07, 6.45) is 1.66. The number of carbonyl (C=O) groups excluding carboxylic acids is 1. The number of aromatic nitrogens is 1. The number of pyridine rings is 1. The lowest BCUT2D eigenvalue weighted by molar-refractivity contribution is 0.0939. The van der Waals surface area contributed by atoms with Gasteiger partial charge < -0.3 is 5.32 Å². The van der Waals surface area contributed by atoms with E-state index in [4.69, 9.17) is 0 Å². The van der Waals surface area contributed by atoms with Crippen molar-refractivity contribution in [1.29, 1.82) is 0 Å². The van der Waals surface area contributed by atoms with E-state index in [1.807, 2.05) is 49.4 Å². The summed E-state index contributed by atoms with van der Waals surface area (Å²) < 4.78 is 28.2. The first-order valence-electron chi connectivity index (χ1n) is 9.23. The van der Waals surface area contributed by atoms with Crippen LogP contribution in [0.25, 0.3) is 0 Å². The van der Waals surface area contributed by atoms with E-state index >= 15 is 0 Å². The van der Waals surface area contributed by atoms with Crippen molar-refractivity contribution < 1.29 is 13.2 Å². The van der Waals surface area contributed by atoms with Crippen LogP contribution in [-0.4, -0.2) is 19.3 Å². The normalized spacial score (nSPS) is 12.3. The molecule has 1 amide bonds. The summed E-state index contributed by atoms with van der Waals surface area (Å²) in [5.41, 5.74) is 2.43. The van der Waals surface area contributed by atoms with Gasteiger partial charge in [0.25, 0.3) is 5.91 Å². The quantitative estimate of drug-likeness (QED) is 0.626. The molecule has 1 atom stereocenters. The molecule has 0 aliphatic heterocycles. The fourth-order valence-electron chi connectivity index (χ4n) is 2.87. The molecular formula is C22H23N3O3S. The van der Waals surface area contributed by atoms with Crippen LogP contribution >= 0.6 is 0 Å². The fraction of sp³-hybridized carbons (Fsp3) is 0.182. The molecule has 150 valence electrons. The van der Waals surface area contributed by atoms with Gasteiger partial charge in [-0.25, -0.2) is 13.1 Å². The van der Waals surface area contributed by atoms with Gasteiger partial charge in [-0.3, -0.25) is 9.78 Å². The van der Waals surface area contributed by atoms with Crippen molar-refractivity contribution in [3.8, 4) is 0 Å². The second kappa shape index (κ2) is 8.98. The van der Waals surface area contributed by atoms with E-state index in [9.17, 15) is 13.2 Å². The second-order valence-corrected chi connectivity index (χ2v) is 8.48. The lowest BCUT2D eigenvalue weighted by Crippen LogP contribution is -2.28. The zero-order valence-electron chi connectivity index (χ0n) is 16.3. The van der Waals surface area contributed by atoms with E-state index in [2.05, 4.69) is 15.0 Å². The van der Waals surface area contributed by atoms with Gasteiger partial charge >= 0.3 is 0 Å². The Kier molecular flexibility index (Phi) is 6.41. The second-order valence-electron chi connectivity index (χ2n) is 6.74. The molecule has 1 heterocycles. The highest BCUT2D eigenvalue weighted by molar-refractivity contribution is 7.89. The third-order valence-corrected chi connectivity index (χ3v) is 6.07. The predicted octanol–water partition coefficient (Wildman–Crippen LogP) is 3.36. The number of amides is 1. The zero-order chi connectivity index (χ0) is 20.9. The molecular weight excluding hydrogens is 386 g/mol. The van der Waals surface area contributed by atoms with Crippen molar-refractivity contribution in [2.75, 3.05) is 0 Å². The van der Waals surface area contributed by atoms with Crippen molar-refractivity contribution in [3.63, 3.8) is 0 Å². The lowest BCUT2D eigenvalue weighted by Gasteiger charge is -2.15. The molecule has 6 nitrogen and oxygen atoms in total. The standard InChI is InChI=1S/C22H23N3O3S/c1-16-11-12-19(22(26)25-17(2)20-10-6-7-13-23-20)14-21(16)29(27,28)24-15-18-8-4-3-5-9-18/h3-14,17,24H,15H2,1-2H3,(H,25,26). The maximum absolute atomic E-state index is 12.8. The van der Waals surface area contributed by atoms with Crippen LogP contribution in [0.1, 0.15) is 40.1 Å². The first-order valence-corrected chi connectivity index (χ1v) is 10.7. The number of nitrogens with one attached hydrogen (secondary N) is 2. The molecule has 1 unspecified atom stereocenters. The Morgan fingerprint density at radius 1 is 1.03 bits per heavy atom. The first-order chi connectivity index (χ1) is 13.9. The fourth-order valence-corrected chi connectivity index (χ4v) is 4.16. The number of aryl methyl sites for hydroxylation is 1. The first kappa shape index (κ1) is 20.7. The Balaban J connectivity index is 1.77. The summed E-state index contributed by atoms with van der Waals surface area (Å²) in [4.78, 5) is 17.0. The van der Waals surface area contributed by atoms with Gasteiger partial charge in [0.15, 0.2) is 0 Å². The number of carbonyl (C=O) groups is 1. The van der Waals surface area contributed by atoms with E-state index in [1.165, 1.54) is 6.07 Å². The van der Waals surface area contributed by atoms with Crippen molar-refractivity contribution in [3.05, 3.63) is 95.3 Å². The smallest absolute Gasteiger partial charge is 0.251 e. The van der Waals surface area contributed by atoms with Gasteiger partial charge in [0.1, 0.15) is 0 Å². The van der Waals surface area contributed by atoms with Gasteiger partial charge in [-0.2, -0.15) is 0 Å². The summed E-state index contributed by atoms with van der Waals surface area (Å²) in [5.74, 6) is -0.359. The largest absolute Gasteiger partial charge is 0.344 e. The highest BCUT2D eigenvalue weighted by atomic mass is 32.2. The maximum atomic E-state index is 12.8. The van der Waals surface area contributed by atoms with Gasteiger partial charge in [0, 0.05) is 18.3 Å². The van der Waals surface area contributed by atoms with Crippen LogP contribution in [0.2, 0.25) is 0 Å². The van der Waals surface area contributed by atoms with Crippen LogP contribution in [0.3, 0.4) is 0 Å². The van der Waals surface area contributed by atoms with Gasteiger partial charge in [-0.1, -0.05) is 42.5 Å². The van der Waals surface area contributed by atoms with E-state index < -0.39 is 10.0 Å². The molecule has 2 aromatic carbocycles. The summed E-state index contributed by atoms with van der Waals surface area (Å²) in [6, 6.07) is 19.1. The van der Waals surface area contributed by atoms with Gasteiger partial charge in [0.2, 0.25) is 10.0 Å². The molecule has 0 radical (unpaired) electrons. The predicted molar refractivity (Wildman–Crippen MR) is 112 cm³/mol. The molecule has 0 saturated heterocycles. The summed E-state index contributed by atoms with van der Waals surface area (Å²) >= 11 is 0. The molecule has 3 aromatic rings. The lowest BCUT2D eigenvalue weighted by atomic mass is 10.1. The number of hydrogen-bond donors (Lipinski definition) is 2. The zero-order valence-corrected chi connectivity index (χ0v) is 17.1. The monoisotopic (exact) mass is 409 g/mol. The number of benzene rings is 2. The molecule has 0 aliphatic rings. The Hall–Kier alpha value is -3.03. The number of sulfonamides is 1. The molecule has 29 heavy (non-hydrogen) atoms. The van der Waals surface area contributed by atoms with Crippen LogP contribution < -0.4 is 10.0 Å². The highest BCUT2D eigenvalue weighted by Gasteiger charge is 2.20. The third-order valence-electron chi connectivity index (χ3n) is 4.53. The van der Waals surface area contributed by atoms with Crippen molar-refractivity contribution in [1.82, 2.24) is 15.0 Å². The van der Waals surface area contributed by atoms with Crippen molar-refractivity contribution >= 4 is 15.9 Å². The van der Waals surface area contributed by atoms with E-state index in [1.54, 1.807) is 31.3 Å². The van der Waals surface area contributed by atoms with Crippen LogP contribution in [0.15, 0.2) is 77.8 Å². The number of nitrogens with zero attached hydrogens (tertiary/aromatic N) is 1. The number of rotatable bonds is 7. The van der Waals surface area contributed by atoms with E-state index in [-0.39, 0.29) is 29.0 Å². The minimum atomic E-state index is -3.77. The number of hydrogen-bond acceptors (Lipinski definition) is 4. The SMILES string of the molecule is Cc1ccc(C(=O)NC(C)c2ccccn2)cc1S(=O)(=O)NCc1ccccc1. The Morgan fingerprint density at radius 3 is 2.45 bits per heavy atom. The average Bonchev–Trinajstić information content (AvgIpc) is 2.74. The van der Waals surface area contributed by atoms with Crippen LogP contribution in [0.4, 0.5) is 0 Å². The highest BCUT2D eigenvalue weighted by Crippen LogP contribution is 2.18. The van der Waals surface area contributed by atoms with E-state index in [0.717, 1.165) is 11.3 Å². The summed E-state index contributed by atoms with van der Waals surface area (Å²) in [7, 11) is -3.77. The summed E-state index contributed by atoms with van der Waals surface area (Å²) in [5, 5.41) is 2.85. The Morgan fingerprint density at radius 2 is 1.76 bits per heavy atom. The average molecular weight is 410 g/mol. The van der Waals surface area contributed by atoms with Gasteiger partial charge in [-0.05, 0) is 49.2 Å². The Bertz CT molecular complexity index is 1080. The van der Waals surface area contributed by atoms with Crippen molar-refractivity contribution in [2.24, 2.45) is 0 Å². The van der Waals surface area contributed by atoms with Crippen LogP contribution in [-0.2, 0) is 16.6 Å². The van der Waals surface area contributed by atoms with Crippen LogP contribution in [0.5, 0.6) is 0 Å². The molecule has 2 N–H and O–H groups in total. The molecule has 0 saturated carbocycles. The molecule has 1 aromatic heterocycles. The molecule has 0 fully saturated rings. The van der Waals surface area contributed by atoms with Crippen LogP contribution in [0, 0.1) is 6.92 Å². The third kappa shape index (κ3) is 5.28. The molecule has 0 bridgehead atoms. The van der Waals surface area contributed by atoms with Crippen molar-refractivity contribution in [2.45, 2.75) is 31.3 Å². The maximum Gasteiger partial charge on any atom is 0.251 e. The molecule has 3 rings (SSSR count). The Labute approximate surface area is 171 Å². The minimum absolute atomic E-state index is 0.0894. The van der Waals surface area contributed by atoms with Gasteiger partial charge in [-0.15, -0.1) is 0 Å². The van der Waals surface area contributed by atoms with E-state index in [0.29, 0.717) is 5.56 Å². The molecule has 0 spiro atoms. The molecule has 0 aliphatic carbocycles. The van der Waals surface area contributed by atoms with Gasteiger partial charge in [0.05, 0.1) is 16.6 Å². The topological polar surface area (TPSA) is 88.2 Å². The minimum Gasteiger partial charge on any atom is -0.344 e. The summed E-state index contributed by atoms with van der Waals surface area (Å²) in [6.45, 7) is 3.71. The molecule has 7 heteroatoms.